The molecule has 1 heterocycles. The number of nitriles is 1. The third kappa shape index (κ3) is 4.11. The van der Waals surface area contributed by atoms with Crippen LogP contribution >= 0.6 is 12.4 Å². The molecule has 1 aliphatic heterocycles. The third-order valence-electron chi connectivity index (χ3n) is 3.48. The van der Waals surface area contributed by atoms with Crippen LogP contribution in [0.2, 0.25) is 0 Å². The normalized spacial score (nSPS) is 17.6. The third-order valence-corrected chi connectivity index (χ3v) is 3.48. The molecule has 21 heavy (non-hydrogen) atoms. The molecule has 1 aromatic rings. The molecule has 0 bridgehead atoms. The van der Waals surface area contributed by atoms with Gasteiger partial charge in [0.1, 0.15) is 12.6 Å². The molecule has 4 nitrogen and oxygen atoms in total. The minimum absolute atomic E-state index is 0. The van der Waals surface area contributed by atoms with E-state index in [9.17, 15) is 8.78 Å². The maximum Gasteiger partial charge on any atom is 0.289 e. The van der Waals surface area contributed by atoms with Gasteiger partial charge in [0, 0.05) is 26.2 Å². The van der Waals surface area contributed by atoms with Crippen molar-refractivity contribution < 1.29 is 13.9 Å². The number of halogens is 3. The summed E-state index contributed by atoms with van der Waals surface area (Å²) in [5, 5.41) is 20.9. The number of hydrogen-bond acceptors (Lipinski definition) is 4. The van der Waals surface area contributed by atoms with Crippen LogP contribution in [0, 0.1) is 11.3 Å². The molecule has 0 aromatic heterocycles. The lowest BCUT2D eigenvalue weighted by atomic mass is 9.97. The lowest BCUT2D eigenvalue weighted by Gasteiger charge is -2.38. The van der Waals surface area contributed by atoms with Gasteiger partial charge in [-0.3, -0.25) is 4.90 Å². The summed E-state index contributed by atoms with van der Waals surface area (Å²) in [4.78, 5) is 1.67. The Morgan fingerprint density at radius 1 is 1.29 bits per heavy atom. The summed E-state index contributed by atoms with van der Waals surface area (Å²) in [6, 6.07) is 6.93. The van der Waals surface area contributed by atoms with Crippen molar-refractivity contribution in [2.24, 2.45) is 0 Å². The molecule has 1 aliphatic rings. The number of nitrogens with zero attached hydrogens (tertiary/aromatic N) is 2. The fourth-order valence-corrected chi connectivity index (χ4v) is 2.49. The van der Waals surface area contributed by atoms with Crippen LogP contribution in [-0.4, -0.2) is 48.7 Å². The van der Waals surface area contributed by atoms with E-state index < -0.39 is 18.6 Å². The smallest absolute Gasteiger partial charge is 0.289 e. The topological polar surface area (TPSA) is 59.3 Å². The van der Waals surface area contributed by atoms with E-state index in [1.54, 1.807) is 4.90 Å². The molecule has 0 amide bonds. The Hall–Kier alpha value is -1.26. The van der Waals surface area contributed by atoms with Gasteiger partial charge in [0.25, 0.3) is 5.92 Å². The van der Waals surface area contributed by atoms with Crippen molar-refractivity contribution in [3.05, 3.63) is 35.4 Å². The summed E-state index contributed by atoms with van der Waals surface area (Å²) in [5.74, 6) is -3.22. The summed E-state index contributed by atoms with van der Waals surface area (Å²) in [7, 11) is 0. The molecule has 1 aromatic carbocycles. The molecule has 116 valence electrons. The maximum absolute atomic E-state index is 14.1. The predicted octanol–water partition coefficient (Wildman–Crippen LogP) is 1.55. The van der Waals surface area contributed by atoms with Crippen LogP contribution in [0.25, 0.3) is 0 Å². The largest absolute Gasteiger partial charge is 0.390 e. The molecule has 0 spiro atoms. The number of piperazine rings is 1. The standard InChI is InChI=1S/C14H17F2N3O.ClH/c15-14(16,10-20)13(19-7-5-18-6-8-19)12-3-1-11(9-17)2-4-12;/h1-4,13,18,20H,5-8,10H2;1H/t13-;/m0./s1. The van der Waals surface area contributed by atoms with E-state index >= 15 is 0 Å². The Kier molecular flexibility index (Phi) is 6.49. The first kappa shape index (κ1) is 17.8. The number of benzene rings is 1. The molecule has 0 saturated carbocycles. The fraction of sp³-hybridized carbons (Fsp3) is 0.500. The molecule has 0 radical (unpaired) electrons. The van der Waals surface area contributed by atoms with Gasteiger partial charge in [0.2, 0.25) is 0 Å². The summed E-state index contributed by atoms with van der Waals surface area (Å²) in [6.45, 7) is 1.10. The van der Waals surface area contributed by atoms with E-state index in [4.69, 9.17) is 10.4 Å². The molecular formula is C14H18ClF2N3O. The minimum Gasteiger partial charge on any atom is -0.390 e. The number of aliphatic hydroxyl groups is 1. The molecule has 1 fully saturated rings. The van der Waals surface area contributed by atoms with Gasteiger partial charge >= 0.3 is 0 Å². The van der Waals surface area contributed by atoms with Crippen molar-refractivity contribution in [1.82, 2.24) is 10.2 Å². The first-order chi connectivity index (χ1) is 9.58. The Labute approximate surface area is 128 Å². The second-order valence-corrected chi connectivity index (χ2v) is 4.84. The van der Waals surface area contributed by atoms with Crippen molar-refractivity contribution in [2.45, 2.75) is 12.0 Å². The highest BCUT2D eigenvalue weighted by Crippen LogP contribution is 2.36. The quantitative estimate of drug-likeness (QED) is 0.884. The summed E-state index contributed by atoms with van der Waals surface area (Å²) < 4.78 is 28.2. The summed E-state index contributed by atoms with van der Waals surface area (Å²) >= 11 is 0. The number of aliphatic hydroxyl groups excluding tert-OH is 1. The van der Waals surface area contributed by atoms with Crippen LogP contribution in [0.4, 0.5) is 8.78 Å². The second kappa shape index (κ2) is 7.66. The van der Waals surface area contributed by atoms with Crippen LogP contribution in [0.15, 0.2) is 24.3 Å². The lowest BCUT2D eigenvalue weighted by molar-refractivity contribution is -0.118. The van der Waals surface area contributed by atoms with Gasteiger partial charge in [-0.15, -0.1) is 12.4 Å². The maximum atomic E-state index is 14.1. The zero-order valence-electron chi connectivity index (χ0n) is 11.4. The van der Waals surface area contributed by atoms with Crippen LogP contribution in [0.3, 0.4) is 0 Å². The first-order valence-electron chi connectivity index (χ1n) is 6.52. The molecule has 2 N–H and O–H groups in total. The minimum atomic E-state index is -3.22. The van der Waals surface area contributed by atoms with Gasteiger partial charge in [-0.2, -0.15) is 5.26 Å². The van der Waals surface area contributed by atoms with E-state index in [1.807, 2.05) is 6.07 Å². The van der Waals surface area contributed by atoms with Gasteiger partial charge in [0.05, 0.1) is 11.6 Å². The van der Waals surface area contributed by atoms with Crippen molar-refractivity contribution in [3.8, 4) is 6.07 Å². The van der Waals surface area contributed by atoms with Crippen LogP contribution < -0.4 is 5.32 Å². The van der Waals surface area contributed by atoms with E-state index in [2.05, 4.69) is 5.32 Å². The average Bonchev–Trinajstić information content (AvgIpc) is 2.49. The van der Waals surface area contributed by atoms with Crippen LogP contribution in [0.1, 0.15) is 17.2 Å². The monoisotopic (exact) mass is 317 g/mol. The molecule has 1 saturated heterocycles. The number of alkyl halides is 2. The average molecular weight is 318 g/mol. The van der Waals surface area contributed by atoms with E-state index in [1.165, 1.54) is 24.3 Å². The van der Waals surface area contributed by atoms with E-state index in [0.717, 1.165) is 0 Å². The SMILES string of the molecule is Cl.N#Cc1ccc([C@H](N2CCNCC2)C(F)(F)CO)cc1. The first-order valence-corrected chi connectivity index (χ1v) is 6.52. The highest BCUT2D eigenvalue weighted by atomic mass is 35.5. The van der Waals surface area contributed by atoms with Crippen molar-refractivity contribution in [3.63, 3.8) is 0 Å². The van der Waals surface area contributed by atoms with Crippen molar-refractivity contribution >= 4 is 12.4 Å². The lowest BCUT2D eigenvalue weighted by Crippen LogP contribution is -2.51. The van der Waals surface area contributed by atoms with Gasteiger partial charge in [0.15, 0.2) is 0 Å². The van der Waals surface area contributed by atoms with Crippen molar-refractivity contribution in [2.75, 3.05) is 32.8 Å². The molecule has 7 heteroatoms. The zero-order chi connectivity index (χ0) is 14.6. The van der Waals surface area contributed by atoms with E-state index in [0.29, 0.717) is 37.3 Å². The number of nitrogens with one attached hydrogen (secondary N) is 1. The summed E-state index contributed by atoms with van der Waals surface area (Å²) in [6.07, 6.45) is 0. The predicted molar refractivity (Wildman–Crippen MR) is 77.6 cm³/mol. The highest BCUT2D eigenvalue weighted by Gasteiger charge is 2.43. The molecule has 2 rings (SSSR count). The molecule has 0 unspecified atom stereocenters. The second-order valence-electron chi connectivity index (χ2n) is 4.84. The molecular weight excluding hydrogens is 300 g/mol. The molecule has 1 atom stereocenters. The van der Waals surface area contributed by atoms with Crippen LogP contribution in [-0.2, 0) is 0 Å². The number of rotatable bonds is 4. The Bertz CT molecular complexity index is 484. The van der Waals surface area contributed by atoms with Crippen LogP contribution in [0.5, 0.6) is 0 Å². The van der Waals surface area contributed by atoms with Crippen molar-refractivity contribution in [1.29, 1.82) is 5.26 Å². The Balaban J connectivity index is 0.00000220. The Morgan fingerprint density at radius 3 is 2.33 bits per heavy atom. The van der Waals surface area contributed by atoms with Gasteiger partial charge < -0.3 is 10.4 Å². The van der Waals surface area contributed by atoms with Gasteiger partial charge in [-0.1, -0.05) is 12.1 Å². The van der Waals surface area contributed by atoms with E-state index in [-0.39, 0.29) is 12.4 Å². The fourth-order valence-electron chi connectivity index (χ4n) is 2.49. The van der Waals surface area contributed by atoms with Gasteiger partial charge in [-0.05, 0) is 17.7 Å². The zero-order valence-corrected chi connectivity index (χ0v) is 12.2. The summed E-state index contributed by atoms with van der Waals surface area (Å²) in [5.41, 5.74) is 0.852. The van der Waals surface area contributed by atoms with Gasteiger partial charge in [-0.25, -0.2) is 8.78 Å². The number of hydrogen-bond donors (Lipinski definition) is 2. The Morgan fingerprint density at radius 2 is 1.86 bits per heavy atom. The highest BCUT2D eigenvalue weighted by molar-refractivity contribution is 5.85. The molecule has 0 aliphatic carbocycles.